The molecule has 0 radical (unpaired) electrons. The normalized spacial score (nSPS) is 13.0. The van der Waals surface area contributed by atoms with Crippen LogP contribution in [0.25, 0.3) is 16.9 Å². The summed E-state index contributed by atoms with van der Waals surface area (Å²) in [6.07, 6.45) is 2.06. The van der Waals surface area contributed by atoms with E-state index in [2.05, 4.69) is 27.8 Å². The van der Waals surface area contributed by atoms with Gasteiger partial charge in [-0.25, -0.2) is 24.1 Å². The molecule has 0 spiro atoms. The van der Waals surface area contributed by atoms with Crippen LogP contribution in [0, 0.1) is 0 Å². The lowest BCUT2D eigenvalue weighted by atomic mass is 10.0. The highest BCUT2D eigenvalue weighted by molar-refractivity contribution is 5.77. The first-order valence-electron chi connectivity index (χ1n) is 12.2. The molecule has 1 aliphatic heterocycles. The maximum atomic E-state index is 13.3. The first-order chi connectivity index (χ1) is 17.9. The Morgan fingerprint density at radius 3 is 2.84 bits per heavy atom. The van der Waals surface area contributed by atoms with Gasteiger partial charge in [0.2, 0.25) is 5.95 Å². The Morgan fingerprint density at radius 1 is 1.22 bits per heavy atom. The minimum atomic E-state index is -0.459. The van der Waals surface area contributed by atoms with E-state index in [1.54, 1.807) is 22.6 Å². The first kappa shape index (κ1) is 24.4. The molecule has 192 valence electrons. The number of rotatable bonds is 6. The van der Waals surface area contributed by atoms with Crippen LogP contribution in [0.1, 0.15) is 36.7 Å². The number of benzene rings is 1. The van der Waals surface area contributed by atoms with E-state index in [1.165, 1.54) is 23.1 Å². The quantitative estimate of drug-likeness (QED) is 0.413. The molecule has 4 aromatic rings. The smallest absolute Gasteiger partial charge is 0.409 e. The number of carbonyl (C=O) groups is 1. The number of nitrogens with one attached hydrogen (secondary N) is 2. The van der Waals surface area contributed by atoms with Crippen LogP contribution in [0.15, 0.2) is 47.4 Å². The van der Waals surface area contributed by atoms with E-state index in [1.807, 2.05) is 38.1 Å². The number of methoxy groups -OCH3 is 1. The average Bonchev–Trinajstić information content (AvgIpc) is 3.20. The number of hydrogen-bond acceptors (Lipinski definition) is 8. The second-order valence-corrected chi connectivity index (χ2v) is 9.33. The number of fused-ring (bicyclic) bond motifs is 2. The molecule has 11 nitrogen and oxygen atoms in total. The summed E-state index contributed by atoms with van der Waals surface area (Å²) < 4.78 is 8.12. The molecule has 0 saturated carbocycles. The SMILES string of the molecule is COC(=O)N(C)Cc1cccc(-n2c3nc(Nc4ccc5c(c4)CCNC5)ncc3c(=O)n2C(C)C)n1. The Balaban J connectivity index is 1.56. The van der Waals surface area contributed by atoms with Gasteiger partial charge >= 0.3 is 6.09 Å². The van der Waals surface area contributed by atoms with Crippen molar-refractivity contribution in [2.75, 3.05) is 26.0 Å². The minimum Gasteiger partial charge on any atom is -0.453 e. The summed E-state index contributed by atoms with van der Waals surface area (Å²) in [6.45, 7) is 5.94. The summed E-state index contributed by atoms with van der Waals surface area (Å²) >= 11 is 0. The molecule has 1 aromatic carbocycles. The van der Waals surface area contributed by atoms with Crippen LogP contribution >= 0.6 is 0 Å². The van der Waals surface area contributed by atoms with E-state index in [0.717, 1.165) is 25.2 Å². The highest BCUT2D eigenvalue weighted by atomic mass is 16.5. The fourth-order valence-electron chi connectivity index (χ4n) is 4.57. The summed E-state index contributed by atoms with van der Waals surface area (Å²) in [5, 5.41) is 7.07. The van der Waals surface area contributed by atoms with E-state index in [0.29, 0.717) is 28.5 Å². The molecular formula is C26H30N8O3. The summed E-state index contributed by atoms with van der Waals surface area (Å²) in [5.74, 6) is 0.903. The molecule has 1 amide bonds. The Hall–Kier alpha value is -4.25. The zero-order valence-corrected chi connectivity index (χ0v) is 21.4. The Morgan fingerprint density at radius 2 is 2.05 bits per heavy atom. The molecule has 0 saturated heterocycles. The number of aromatic nitrogens is 5. The largest absolute Gasteiger partial charge is 0.453 e. The van der Waals surface area contributed by atoms with Gasteiger partial charge < -0.3 is 20.3 Å². The predicted molar refractivity (Wildman–Crippen MR) is 140 cm³/mol. The monoisotopic (exact) mass is 502 g/mol. The van der Waals surface area contributed by atoms with Gasteiger partial charge in [-0.15, -0.1) is 0 Å². The topological polar surface area (TPSA) is 119 Å². The van der Waals surface area contributed by atoms with Crippen LogP contribution in [0.5, 0.6) is 0 Å². The van der Waals surface area contributed by atoms with E-state index < -0.39 is 6.09 Å². The zero-order valence-electron chi connectivity index (χ0n) is 21.4. The highest BCUT2D eigenvalue weighted by Crippen LogP contribution is 2.23. The van der Waals surface area contributed by atoms with Crippen LogP contribution in [-0.2, 0) is 24.2 Å². The Labute approximate surface area is 214 Å². The molecule has 4 heterocycles. The van der Waals surface area contributed by atoms with Crippen LogP contribution in [0.3, 0.4) is 0 Å². The van der Waals surface area contributed by atoms with E-state index in [4.69, 9.17) is 14.7 Å². The number of anilines is 2. The molecule has 37 heavy (non-hydrogen) atoms. The first-order valence-corrected chi connectivity index (χ1v) is 12.2. The van der Waals surface area contributed by atoms with Crippen molar-refractivity contribution in [3.8, 4) is 5.82 Å². The van der Waals surface area contributed by atoms with Crippen molar-refractivity contribution in [1.29, 1.82) is 0 Å². The number of pyridine rings is 1. The molecule has 0 aliphatic carbocycles. The van der Waals surface area contributed by atoms with Crippen LogP contribution in [0.4, 0.5) is 16.4 Å². The van der Waals surface area contributed by atoms with Crippen LogP contribution in [0.2, 0.25) is 0 Å². The lowest BCUT2D eigenvalue weighted by Gasteiger charge is -2.18. The third-order valence-electron chi connectivity index (χ3n) is 6.36. The van der Waals surface area contributed by atoms with Gasteiger partial charge in [0.15, 0.2) is 11.5 Å². The van der Waals surface area contributed by atoms with Gasteiger partial charge in [-0.05, 0) is 62.2 Å². The number of amides is 1. The summed E-state index contributed by atoms with van der Waals surface area (Å²) in [7, 11) is 2.97. The summed E-state index contributed by atoms with van der Waals surface area (Å²) in [6, 6.07) is 11.6. The Bertz CT molecular complexity index is 1520. The second kappa shape index (κ2) is 10.0. The van der Waals surface area contributed by atoms with Gasteiger partial charge in [-0.2, -0.15) is 4.98 Å². The van der Waals surface area contributed by atoms with Crippen LogP contribution < -0.4 is 16.2 Å². The molecule has 0 unspecified atom stereocenters. The fourth-order valence-corrected chi connectivity index (χ4v) is 4.57. The zero-order chi connectivity index (χ0) is 26.1. The maximum absolute atomic E-state index is 13.3. The van der Waals surface area contributed by atoms with Gasteiger partial charge in [0, 0.05) is 31.5 Å². The lowest BCUT2D eigenvalue weighted by Crippen LogP contribution is -2.27. The fraction of sp³-hybridized carbons (Fsp3) is 0.346. The van der Waals surface area contributed by atoms with Gasteiger partial charge in [-0.1, -0.05) is 12.1 Å². The van der Waals surface area contributed by atoms with Crippen molar-refractivity contribution in [3.05, 3.63) is 69.8 Å². The maximum Gasteiger partial charge on any atom is 0.409 e. The van der Waals surface area contributed by atoms with E-state index in [9.17, 15) is 9.59 Å². The van der Waals surface area contributed by atoms with Gasteiger partial charge in [0.05, 0.1) is 19.3 Å². The van der Waals surface area contributed by atoms with Crippen molar-refractivity contribution < 1.29 is 9.53 Å². The third kappa shape index (κ3) is 4.77. The molecule has 0 atom stereocenters. The number of hydrogen-bond donors (Lipinski definition) is 2. The second-order valence-electron chi connectivity index (χ2n) is 9.33. The summed E-state index contributed by atoms with van der Waals surface area (Å²) in [4.78, 5) is 40.5. The Kier molecular flexibility index (Phi) is 6.62. The lowest BCUT2D eigenvalue weighted by molar-refractivity contribution is 0.131. The standard InChI is InChI=1S/C26H30N8O3/c1-16(2)33-24(35)21-14-28-25(30-19-9-8-18-13-27-11-10-17(18)12-19)31-23(21)34(33)22-7-5-6-20(29-22)15-32(3)26(36)37-4/h5-9,12,14,16,27H,10-11,13,15H2,1-4H3,(H,28,30,31). The third-order valence-corrected chi connectivity index (χ3v) is 6.36. The van der Waals surface area contributed by atoms with E-state index >= 15 is 0 Å². The van der Waals surface area contributed by atoms with Crippen molar-refractivity contribution in [3.63, 3.8) is 0 Å². The molecule has 5 rings (SSSR count). The van der Waals surface area contributed by atoms with Crippen LogP contribution in [-0.4, -0.2) is 56.0 Å². The van der Waals surface area contributed by atoms with Crippen molar-refractivity contribution in [2.24, 2.45) is 0 Å². The predicted octanol–water partition coefficient (Wildman–Crippen LogP) is 3.15. The van der Waals surface area contributed by atoms with Gasteiger partial charge in [0.1, 0.15) is 5.39 Å². The minimum absolute atomic E-state index is 0.157. The number of nitrogens with zero attached hydrogens (tertiary/aromatic N) is 6. The molecule has 0 fully saturated rings. The molecule has 2 N–H and O–H groups in total. The van der Waals surface area contributed by atoms with Crippen molar-refractivity contribution in [1.82, 2.24) is 34.5 Å². The highest BCUT2D eigenvalue weighted by Gasteiger charge is 2.21. The molecule has 1 aliphatic rings. The number of carbonyl (C=O) groups excluding carboxylic acids is 1. The molecule has 11 heteroatoms. The van der Waals surface area contributed by atoms with Gasteiger partial charge in [0.25, 0.3) is 5.56 Å². The van der Waals surface area contributed by atoms with Crippen molar-refractivity contribution in [2.45, 2.75) is 39.4 Å². The molecule has 0 bridgehead atoms. The number of ether oxygens (including phenoxy) is 1. The van der Waals surface area contributed by atoms with Gasteiger partial charge in [-0.3, -0.25) is 4.79 Å². The van der Waals surface area contributed by atoms with E-state index in [-0.39, 0.29) is 18.1 Å². The van der Waals surface area contributed by atoms with Crippen molar-refractivity contribution >= 4 is 28.8 Å². The summed E-state index contributed by atoms with van der Waals surface area (Å²) in [5.41, 5.74) is 4.38. The molecular weight excluding hydrogens is 472 g/mol. The average molecular weight is 503 g/mol. The molecule has 3 aromatic heterocycles.